The van der Waals surface area contributed by atoms with Gasteiger partial charge in [-0.05, 0) is 53.5 Å². The van der Waals surface area contributed by atoms with Crippen LogP contribution in [0.1, 0.15) is 47.0 Å². The third-order valence-electron chi connectivity index (χ3n) is 5.59. The van der Waals surface area contributed by atoms with E-state index in [1.165, 1.54) is 19.4 Å². The lowest BCUT2D eigenvalue weighted by Gasteiger charge is -2.42. The Morgan fingerprint density at radius 2 is 2.05 bits per heavy atom. The van der Waals surface area contributed by atoms with Crippen molar-refractivity contribution in [3.63, 3.8) is 0 Å². The van der Waals surface area contributed by atoms with Gasteiger partial charge in [0, 0.05) is 18.5 Å². The summed E-state index contributed by atoms with van der Waals surface area (Å²) in [6.45, 7) is 11.7. The molecular formula is C16H31N3O2. The minimum atomic E-state index is -0.175. The molecule has 0 saturated carbocycles. The second-order valence-corrected chi connectivity index (χ2v) is 8.13. The maximum atomic E-state index is 6.24. The smallest absolute Gasteiger partial charge is 0.0872 e. The van der Waals surface area contributed by atoms with Crippen molar-refractivity contribution in [1.82, 2.24) is 10.3 Å². The molecule has 3 aliphatic rings. The van der Waals surface area contributed by atoms with Gasteiger partial charge in [0.25, 0.3) is 0 Å². The first-order valence-corrected chi connectivity index (χ1v) is 8.34. The van der Waals surface area contributed by atoms with E-state index in [1.807, 2.05) is 0 Å². The standard InChI is InChI=1S/C16H31N3O2/c1-15(2)8-12(16(3,4)21-15)14(18-17)13-9-19-7-5-6-11(19)10-20-13/h11-14,18H,5-10,17H2,1-4H3. The van der Waals surface area contributed by atoms with Crippen LogP contribution < -0.4 is 11.3 Å². The van der Waals surface area contributed by atoms with Crippen molar-refractivity contribution in [3.8, 4) is 0 Å². The van der Waals surface area contributed by atoms with Crippen LogP contribution in [0, 0.1) is 5.92 Å². The largest absolute Gasteiger partial charge is 0.374 e. The third-order valence-corrected chi connectivity index (χ3v) is 5.59. The van der Waals surface area contributed by atoms with Crippen LogP contribution in [0.25, 0.3) is 0 Å². The first kappa shape index (κ1) is 15.7. The Labute approximate surface area is 128 Å². The van der Waals surface area contributed by atoms with Gasteiger partial charge < -0.3 is 9.47 Å². The molecule has 5 heteroatoms. The number of ether oxygens (including phenoxy) is 2. The summed E-state index contributed by atoms with van der Waals surface area (Å²) in [7, 11) is 0. The Hall–Kier alpha value is -0.200. The van der Waals surface area contributed by atoms with Crippen LogP contribution in [-0.4, -0.2) is 54.0 Å². The molecule has 4 atom stereocenters. The van der Waals surface area contributed by atoms with Gasteiger partial charge in [0.05, 0.1) is 30.0 Å². The van der Waals surface area contributed by atoms with E-state index in [9.17, 15) is 0 Å². The van der Waals surface area contributed by atoms with Crippen LogP contribution in [0.3, 0.4) is 0 Å². The molecule has 3 fully saturated rings. The molecule has 3 aliphatic heterocycles. The van der Waals surface area contributed by atoms with Crippen LogP contribution in [0.4, 0.5) is 0 Å². The second kappa shape index (κ2) is 5.46. The summed E-state index contributed by atoms with van der Waals surface area (Å²) in [6.07, 6.45) is 3.74. The predicted octanol–water partition coefficient (Wildman–Crippen LogP) is 1.28. The molecule has 5 nitrogen and oxygen atoms in total. The first-order valence-electron chi connectivity index (χ1n) is 8.34. The van der Waals surface area contributed by atoms with Crippen LogP contribution in [0.2, 0.25) is 0 Å². The Kier molecular flexibility index (Phi) is 4.08. The monoisotopic (exact) mass is 297 g/mol. The number of fused-ring (bicyclic) bond motifs is 1. The number of hydrogen-bond acceptors (Lipinski definition) is 5. The van der Waals surface area contributed by atoms with Crippen molar-refractivity contribution in [2.24, 2.45) is 11.8 Å². The maximum Gasteiger partial charge on any atom is 0.0872 e. The Morgan fingerprint density at radius 1 is 1.29 bits per heavy atom. The molecule has 3 saturated heterocycles. The van der Waals surface area contributed by atoms with Crippen LogP contribution in [0.5, 0.6) is 0 Å². The molecule has 122 valence electrons. The number of nitrogens with two attached hydrogens (primary N) is 1. The van der Waals surface area contributed by atoms with Crippen LogP contribution >= 0.6 is 0 Å². The van der Waals surface area contributed by atoms with Gasteiger partial charge >= 0.3 is 0 Å². The number of hydrogen-bond donors (Lipinski definition) is 2. The van der Waals surface area contributed by atoms with Crippen molar-refractivity contribution in [3.05, 3.63) is 0 Å². The van der Waals surface area contributed by atoms with E-state index in [1.54, 1.807) is 0 Å². The van der Waals surface area contributed by atoms with E-state index in [2.05, 4.69) is 38.0 Å². The molecule has 0 aromatic heterocycles. The molecule has 0 aromatic rings. The quantitative estimate of drug-likeness (QED) is 0.607. The molecule has 0 radical (unpaired) electrons. The lowest BCUT2D eigenvalue weighted by Crippen LogP contribution is -2.60. The molecule has 3 N–H and O–H groups in total. The van der Waals surface area contributed by atoms with E-state index in [-0.39, 0.29) is 23.3 Å². The molecule has 0 aliphatic carbocycles. The Balaban J connectivity index is 1.73. The molecule has 0 amide bonds. The Morgan fingerprint density at radius 3 is 2.67 bits per heavy atom. The SMILES string of the molecule is CC1(C)CC(C(NN)C2CN3CCCC3CO2)C(C)(C)O1. The fourth-order valence-electron chi connectivity index (χ4n) is 4.71. The van der Waals surface area contributed by atoms with Crippen molar-refractivity contribution in [2.45, 2.75) is 76.3 Å². The summed E-state index contributed by atoms with van der Waals surface area (Å²) in [6, 6.07) is 0.771. The van der Waals surface area contributed by atoms with Crippen molar-refractivity contribution >= 4 is 0 Å². The molecule has 0 aromatic carbocycles. The third kappa shape index (κ3) is 2.99. The summed E-state index contributed by atoms with van der Waals surface area (Å²) in [5, 5.41) is 0. The number of hydrazine groups is 1. The van der Waals surface area contributed by atoms with Gasteiger partial charge in [-0.2, -0.15) is 0 Å². The lowest BCUT2D eigenvalue weighted by atomic mass is 9.79. The van der Waals surface area contributed by atoms with Gasteiger partial charge in [0.15, 0.2) is 0 Å². The minimum Gasteiger partial charge on any atom is -0.374 e. The molecule has 21 heavy (non-hydrogen) atoms. The number of rotatable bonds is 3. The molecule has 3 heterocycles. The fourth-order valence-corrected chi connectivity index (χ4v) is 4.71. The summed E-state index contributed by atoms with van der Waals surface area (Å²) in [5.74, 6) is 6.29. The van der Waals surface area contributed by atoms with Gasteiger partial charge in [0.1, 0.15) is 0 Å². The molecule has 0 bridgehead atoms. The van der Waals surface area contributed by atoms with Gasteiger partial charge in [-0.3, -0.25) is 16.2 Å². The maximum absolute atomic E-state index is 6.24. The fraction of sp³-hybridized carbons (Fsp3) is 1.00. The molecule has 4 unspecified atom stereocenters. The van der Waals surface area contributed by atoms with Crippen LogP contribution in [0.15, 0.2) is 0 Å². The number of nitrogens with zero attached hydrogens (tertiary/aromatic N) is 1. The average molecular weight is 297 g/mol. The van der Waals surface area contributed by atoms with E-state index in [4.69, 9.17) is 15.3 Å². The zero-order chi connectivity index (χ0) is 15.3. The Bertz CT molecular complexity index is 386. The highest BCUT2D eigenvalue weighted by Crippen LogP contribution is 2.44. The molecular weight excluding hydrogens is 266 g/mol. The first-order chi connectivity index (χ1) is 9.82. The zero-order valence-corrected chi connectivity index (χ0v) is 13.9. The van der Waals surface area contributed by atoms with Crippen molar-refractivity contribution < 1.29 is 9.47 Å². The van der Waals surface area contributed by atoms with Crippen molar-refractivity contribution in [1.29, 1.82) is 0 Å². The number of nitrogens with one attached hydrogen (secondary N) is 1. The summed E-state index contributed by atoms with van der Waals surface area (Å²) >= 11 is 0. The van der Waals surface area contributed by atoms with E-state index in [0.29, 0.717) is 12.0 Å². The predicted molar refractivity (Wildman–Crippen MR) is 82.8 cm³/mol. The van der Waals surface area contributed by atoms with Crippen molar-refractivity contribution in [2.75, 3.05) is 19.7 Å². The normalized spacial score (nSPS) is 40.1. The van der Waals surface area contributed by atoms with Gasteiger partial charge in [-0.15, -0.1) is 0 Å². The van der Waals surface area contributed by atoms with Gasteiger partial charge in [-0.1, -0.05) is 0 Å². The molecule has 0 spiro atoms. The summed E-state index contributed by atoms with van der Waals surface area (Å²) in [4.78, 5) is 2.58. The minimum absolute atomic E-state index is 0.0892. The van der Waals surface area contributed by atoms with E-state index in [0.717, 1.165) is 19.6 Å². The summed E-state index contributed by atoms with van der Waals surface area (Å²) < 4.78 is 12.4. The second-order valence-electron chi connectivity index (χ2n) is 8.13. The zero-order valence-electron chi connectivity index (χ0n) is 13.9. The van der Waals surface area contributed by atoms with E-state index >= 15 is 0 Å². The van der Waals surface area contributed by atoms with Gasteiger partial charge in [-0.25, -0.2) is 0 Å². The summed E-state index contributed by atoms with van der Waals surface area (Å²) in [5.41, 5.74) is 2.79. The average Bonchev–Trinajstić information content (AvgIpc) is 2.92. The molecule has 3 rings (SSSR count). The topological polar surface area (TPSA) is 59.8 Å². The van der Waals surface area contributed by atoms with Crippen LogP contribution in [-0.2, 0) is 9.47 Å². The highest BCUT2D eigenvalue weighted by atomic mass is 16.5. The lowest BCUT2D eigenvalue weighted by molar-refractivity contribution is -0.103. The highest BCUT2D eigenvalue weighted by molar-refractivity contribution is 5.03. The number of morpholine rings is 1. The highest BCUT2D eigenvalue weighted by Gasteiger charge is 2.51. The van der Waals surface area contributed by atoms with E-state index < -0.39 is 0 Å². The van der Waals surface area contributed by atoms with Gasteiger partial charge in [0.2, 0.25) is 0 Å².